The van der Waals surface area contributed by atoms with Crippen molar-refractivity contribution in [2.45, 2.75) is 32.9 Å². The van der Waals surface area contributed by atoms with Gasteiger partial charge in [0.25, 0.3) is 0 Å². The maximum Gasteiger partial charge on any atom is 0.323 e. The molecular weight excluding hydrogens is 200 g/mol. The Bertz CT molecular complexity index is 265. The van der Waals surface area contributed by atoms with E-state index in [9.17, 15) is 14.4 Å². The van der Waals surface area contributed by atoms with E-state index in [4.69, 9.17) is 5.84 Å². The van der Waals surface area contributed by atoms with Crippen LogP contribution in [0.3, 0.4) is 0 Å². The molecule has 0 heterocycles. The highest BCUT2D eigenvalue weighted by molar-refractivity contribution is 6.35. The van der Waals surface area contributed by atoms with E-state index >= 15 is 0 Å². The number of rotatable bonds is 3. The molecule has 0 radical (unpaired) electrons. The Kier molecular flexibility index (Phi) is 5.32. The van der Waals surface area contributed by atoms with Gasteiger partial charge in [0, 0.05) is 6.04 Å². The summed E-state index contributed by atoms with van der Waals surface area (Å²) in [6.45, 7) is 5.05. The van der Waals surface area contributed by atoms with Gasteiger partial charge in [0.05, 0.1) is 0 Å². The zero-order valence-corrected chi connectivity index (χ0v) is 8.96. The smallest absolute Gasteiger partial charge is 0.323 e. The first-order valence-corrected chi connectivity index (χ1v) is 4.50. The number of nitrogens with one attached hydrogen (secondary N) is 3. The lowest BCUT2D eigenvalue weighted by Gasteiger charge is -2.15. The summed E-state index contributed by atoms with van der Waals surface area (Å²) in [6, 6.07) is -0.808. The highest BCUT2D eigenvalue weighted by Gasteiger charge is 2.19. The summed E-state index contributed by atoms with van der Waals surface area (Å²) in [7, 11) is 0. The van der Waals surface area contributed by atoms with Crippen LogP contribution in [0.5, 0.6) is 0 Å². The fraction of sp³-hybridized carbons (Fsp3) is 0.625. The van der Waals surface area contributed by atoms with Crippen LogP contribution in [-0.2, 0) is 14.4 Å². The Balaban J connectivity index is 4.13. The molecule has 0 saturated heterocycles. The molecular formula is C8H16N4O3. The number of nitrogens with two attached hydrogens (primary N) is 1. The van der Waals surface area contributed by atoms with Gasteiger partial charge in [-0.2, -0.15) is 0 Å². The van der Waals surface area contributed by atoms with Crippen molar-refractivity contribution >= 4 is 17.7 Å². The summed E-state index contributed by atoms with van der Waals surface area (Å²) in [4.78, 5) is 33.0. The van der Waals surface area contributed by atoms with Crippen molar-refractivity contribution in [3.63, 3.8) is 0 Å². The molecule has 5 N–H and O–H groups in total. The van der Waals surface area contributed by atoms with E-state index in [1.807, 2.05) is 0 Å². The normalized spacial score (nSPS) is 11.8. The lowest BCUT2D eigenvalue weighted by molar-refractivity contribution is -0.140. The molecule has 7 nitrogen and oxygen atoms in total. The van der Waals surface area contributed by atoms with Gasteiger partial charge < -0.3 is 10.6 Å². The summed E-state index contributed by atoms with van der Waals surface area (Å²) in [5.41, 5.74) is 1.67. The van der Waals surface area contributed by atoms with Gasteiger partial charge in [-0.15, -0.1) is 0 Å². The average Bonchev–Trinajstić information content (AvgIpc) is 2.15. The van der Waals surface area contributed by atoms with Crippen molar-refractivity contribution in [2.24, 2.45) is 5.84 Å². The molecule has 86 valence electrons. The molecule has 0 saturated carbocycles. The van der Waals surface area contributed by atoms with Gasteiger partial charge >= 0.3 is 11.8 Å². The third kappa shape index (κ3) is 4.96. The molecule has 1 unspecified atom stereocenters. The van der Waals surface area contributed by atoms with Crippen LogP contribution in [0.25, 0.3) is 0 Å². The van der Waals surface area contributed by atoms with Crippen molar-refractivity contribution in [2.75, 3.05) is 0 Å². The summed E-state index contributed by atoms with van der Waals surface area (Å²) < 4.78 is 0. The fourth-order valence-electron chi connectivity index (χ4n) is 0.803. The Morgan fingerprint density at radius 1 is 1.00 bits per heavy atom. The maximum absolute atomic E-state index is 11.3. The van der Waals surface area contributed by atoms with E-state index in [0.29, 0.717) is 0 Å². The lowest BCUT2D eigenvalue weighted by atomic mass is 10.3. The number of hydrazine groups is 1. The second-order valence-electron chi connectivity index (χ2n) is 3.33. The Morgan fingerprint density at radius 3 is 1.93 bits per heavy atom. The van der Waals surface area contributed by atoms with Crippen molar-refractivity contribution in [3.05, 3.63) is 0 Å². The van der Waals surface area contributed by atoms with Crippen LogP contribution in [0.4, 0.5) is 0 Å². The van der Waals surface area contributed by atoms with Gasteiger partial charge in [0.15, 0.2) is 0 Å². The van der Waals surface area contributed by atoms with Crippen LogP contribution in [-0.4, -0.2) is 29.8 Å². The zero-order valence-electron chi connectivity index (χ0n) is 8.96. The number of amides is 3. The van der Waals surface area contributed by atoms with Gasteiger partial charge in [0.2, 0.25) is 5.91 Å². The minimum Gasteiger partial charge on any atom is -0.352 e. The average molecular weight is 216 g/mol. The molecule has 0 aliphatic heterocycles. The molecule has 3 amide bonds. The van der Waals surface area contributed by atoms with E-state index in [1.165, 1.54) is 6.92 Å². The van der Waals surface area contributed by atoms with Crippen LogP contribution in [0.2, 0.25) is 0 Å². The standard InChI is InChI=1S/C8H16N4O3/c1-4(2)10-6(13)5(3)11-7(14)8(15)12-9/h4-5H,9H2,1-3H3,(H,10,13)(H,11,14)(H,12,15). The molecule has 0 fully saturated rings. The quantitative estimate of drug-likeness (QED) is 0.189. The van der Waals surface area contributed by atoms with Crippen LogP contribution in [0.15, 0.2) is 0 Å². The van der Waals surface area contributed by atoms with Crippen molar-refractivity contribution in [3.8, 4) is 0 Å². The third-order valence-corrected chi connectivity index (χ3v) is 1.51. The summed E-state index contributed by atoms with van der Waals surface area (Å²) in [5, 5.41) is 4.78. The highest BCUT2D eigenvalue weighted by atomic mass is 16.2. The monoisotopic (exact) mass is 216 g/mol. The van der Waals surface area contributed by atoms with Gasteiger partial charge in [-0.05, 0) is 20.8 Å². The van der Waals surface area contributed by atoms with Crippen LogP contribution >= 0.6 is 0 Å². The molecule has 0 aromatic rings. The Labute approximate surface area is 87.7 Å². The molecule has 0 aliphatic rings. The van der Waals surface area contributed by atoms with E-state index < -0.39 is 17.9 Å². The minimum atomic E-state index is -0.987. The van der Waals surface area contributed by atoms with Gasteiger partial charge in [-0.3, -0.25) is 19.8 Å². The second-order valence-corrected chi connectivity index (χ2v) is 3.33. The van der Waals surface area contributed by atoms with Crippen molar-refractivity contribution in [1.29, 1.82) is 0 Å². The number of hydrogen-bond donors (Lipinski definition) is 4. The topological polar surface area (TPSA) is 113 Å². The van der Waals surface area contributed by atoms with E-state index in [1.54, 1.807) is 19.3 Å². The molecule has 0 bridgehead atoms. The third-order valence-electron chi connectivity index (χ3n) is 1.51. The zero-order chi connectivity index (χ0) is 12.0. The largest absolute Gasteiger partial charge is 0.352 e. The Morgan fingerprint density at radius 2 is 1.53 bits per heavy atom. The maximum atomic E-state index is 11.3. The van der Waals surface area contributed by atoms with E-state index in [0.717, 1.165) is 0 Å². The van der Waals surface area contributed by atoms with Gasteiger partial charge in [-0.1, -0.05) is 0 Å². The van der Waals surface area contributed by atoms with Crippen LogP contribution in [0, 0.1) is 0 Å². The van der Waals surface area contributed by atoms with Crippen LogP contribution < -0.4 is 21.9 Å². The molecule has 15 heavy (non-hydrogen) atoms. The molecule has 0 aromatic heterocycles. The number of carbonyl (C=O) groups is 3. The molecule has 1 atom stereocenters. The summed E-state index contributed by atoms with van der Waals surface area (Å²) in [6.07, 6.45) is 0. The second kappa shape index (κ2) is 5.97. The predicted octanol–water partition coefficient (Wildman–Crippen LogP) is -1.99. The Hall–Kier alpha value is -1.63. The summed E-state index contributed by atoms with van der Waals surface area (Å²) in [5.74, 6) is 2.46. The molecule has 0 rings (SSSR count). The molecule has 7 heteroatoms. The molecule has 0 aliphatic carbocycles. The number of carbonyl (C=O) groups excluding carboxylic acids is 3. The first-order chi connectivity index (χ1) is 6.88. The fourth-order valence-corrected chi connectivity index (χ4v) is 0.803. The van der Waals surface area contributed by atoms with Crippen molar-refractivity contribution in [1.82, 2.24) is 16.1 Å². The lowest BCUT2D eigenvalue weighted by Crippen LogP contribution is -2.51. The first kappa shape index (κ1) is 13.4. The number of hydrogen-bond acceptors (Lipinski definition) is 4. The minimum absolute atomic E-state index is 0.0276. The van der Waals surface area contributed by atoms with Crippen molar-refractivity contribution < 1.29 is 14.4 Å². The first-order valence-electron chi connectivity index (χ1n) is 4.50. The van der Waals surface area contributed by atoms with Gasteiger partial charge in [-0.25, -0.2) is 5.84 Å². The molecule has 0 spiro atoms. The highest BCUT2D eigenvalue weighted by Crippen LogP contribution is 1.85. The summed E-state index contributed by atoms with van der Waals surface area (Å²) >= 11 is 0. The van der Waals surface area contributed by atoms with Crippen LogP contribution in [0.1, 0.15) is 20.8 Å². The van der Waals surface area contributed by atoms with E-state index in [-0.39, 0.29) is 11.9 Å². The molecule has 0 aromatic carbocycles. The van der Waals surface area contributed by atoms with E-state index in [2.05, 4.69) is 10.6 Å². The SMILES string of the molecule is CC(C)NC(=O)C(C)NC(=O)C(=O)NN. The predicted molar refractivity (Wildman–Crippen MR) is 53.2 cm³/mol. The van der Waals surface area contributed by atoms with Gasteiger partial charge in [0.1, 0.15) is 6.04 Å².